The van der Waals surface area contributed by atoms with Crippen molar-refractivity contribution in [3.63, 3.8) is 0 Å². The predicted molar refractivity (Wildman–Crippen MR) is 110 cm³/mol. The molecule has 1 fully saturated rings. The zero-order chi connectivity index (χ0) is 22.5. The van der Waals surface area contributed by atoms with Gasteiger partial charge < -0.3 is 26.0 Å². The Morgan fingerprint density at radius 1 is 1.26 bits per heavy atom. The van der Waals surface area contributed by atoms with Crippen molar-refractivity contribution in [1.29, 1.82) is 0 Å². The Morgan fingerprint density at radius 2 is 2.03 bits per heavy atom. The van der Waals surface area contributed by atoms with Crippen LogP contribution in [0.1, 0.15) is 43.7 Å². The summed E-state index contributed by atoms with van der Waals surface area (Å²) in [6.07, 6.45) is 2.36. The molecule has 5 N–H and O–H groups in total. The van der Waals surface area contributed by atoms with Gasteiger partial charge in [-0.2, -0.15) is 0 Å². The predicted octanol–water partition coefficient (Wildman–Crippen LogP) is 0.198. The van der Waals surface area contributed by atoms with Gasteiger partial charge in [0, 0.05) is 18.7 Å². The number of carboxylic acid groups (broad SMARTS) is 1. The molecule has 0 saturated carbocycles. The Hall–Kier alpha value is -3.50. The number of rotatable bonds is 9. The van der Waals surface area contributed by atoms with Crippen molar-refractivity contribution in [2.75, 3.05) is 6.54 Å². The Kier molecular flexibility index (Phi) is 6.83. The second-order valence-corrected chi connectivity index (χ2v) is 8.03. The van der Waals surface area contributed by atoms with Crippen LogP contribution in [0, 0.1) is 11.8 Å². The van der Waals surface area contributed by atoms with Crippen LogP contribution in [0.3, 0.4) is 0 Å². The number of nitrogens with zero attached hydrogens (tertiary/aromatic N) is 2. The van der Waals surface area contributed by atoms with Crippen LogP contribution in [0.2, 0.25) is 0 Å². The summed E-state index contributed by atoms with van der Waals surface area (Å²) in [5.41, 5.74) is 0.955. The van der Waals surface area contributed by atoms with E-state index in [2.05, 4.69) is 30.9 Å². The number of pyridine rings is 1. The summed E-state index contributed by atoms with van der Waals surface area (Å²) in [6, 6.07) is 1.23. The van der Waals surface area contributed by atoms with E-state index in [0.29, 0.717) is 30.6 Å². The van der Waals surface area contributed by atoms with Crippen molar-refractivity contribution in [3.8, 4) is 0 Å². The van der Waals surface area contributed by atoms with E-state index < -0.39 is 35.8 Å². The van der Waals surface area contributed by atoms with Crippen LogP contribution >= 0.6 is 0 Å². The lowest BCUT2D eigenvalue weighted by atomic mass is 9.97. The van der Waals surface area contributed by atoms with Crippen LogP contribution < -0.4 is 16.0 Å². The standard InChI is InChI=1S/C20H26N6O5/c1-10(2)8-13(24-19(29)16-23-12-4-3-6-21-15(12)26-16)18(28)25-14(20(30)31)9-11-5-7-22-17(11)27/h3-4,6,10-11,13-14H,5,7-9H2,1-2H3,(H,22,27)(H,24,29)(H,25,28)(H,30,31)(H,21,23,26)/t11-,13-,14-/m0/s1. The maximum Gasteiger partial charge on any atom is 0.326 e. The van der Waals surface area contributed by atoms with Gasteiger partial charge in [-0.1, -0.05) is 13.8 Å². The molecule has 3 amide bonds. The molecule has 1 aliphatic heterocycles. The van der Waals surface area contributed by atoms with Crippen LogP contribution in [0.5, 0.6) is 0 Å². The molecule has 1 saturated heterocycles. The second kappa shape index (κ2) is 9.54. The smallest absolute Gasteiger partial charge is 0.326 e. The number of aliphatic carboxylic acids is 1. The molecule has 3 atom stereocenters. The highest BCUT2D eigenvalue weighted by Gasteiger charge is 2.33. The van der Waals surface area contributed by atoms with Gasteiger partial charge in [0.1, 0.15) is 12.1 Å². The van der Waals surface area contributed by atoms with Crippen LogP contribution in [-0.4, -0.2) is 62.4 Å². The van der Waals surface area contributed by atoms with Crippen LogP contribution in [0.15, 0.2) is 18.3 Å². The number of hydrogen-bond donors (Lipinski definition) is 5. The van der Waals surface area contributed by atoms with Gasteiger partial charge in [0.25, 0.3) is 5.91 Å². The monoisotopic (exact) mass is 430 g/mol. The number of imidazole rings is 1. The summed E-state index contributed by atoms with van der Waals surface area (Å²) in [5.74, 6) is -3.08. The molecule has 3 rings (SSSR count). The van der Waals surface area contributed by atoms with Gasteiger partial charge in [0.05, 0.1) is 5.52 Å². The zero-order valence-electron chi connectivity index (χ0n) is 17.3. The minimum Gasteiger partial charge on any atom is -0.480 e. The molecule has 11 nitrogen and oxygen atoms in total. The Morgan fingerprint density at radius 3 is 2.65 bits per heavy atom. The highest BCUT2D eigenvalue weighted by atomic mass is 16.4. The number of aromatic nitrogens is 3. The first-order chi connectivity index (χ1) is 14.7. The first-order valence-corrected chi connectivity index (χ1v) is 10.2. The first-order valence-electron chi connectivity index (χ1n) is 10.2. The van der Waals surface area contributed by atoms with Crippen molar-refractivity contribution in [2.45, 2.75) is 45.2 Å². The van der Waals surface area contributed by atoms with E-state index in [9.17, 15) is 24.3 Å². The van der Waals surface area contributed by atoms with Gasteiger partial charge in [-0.3, -0.25) is 14.4 Å². The van der Waals surface area contributed by atoms with Crippen LogP contribution in [0.25, 0.3) is 11.2 Å². The summed E-state index contributed by atoms with van der Waals surface area (Å²) >= 11 is 0. The molecule has 0 radical (unpaired) electrons. The highest BCUT2D eigenvalue weighted by Crippen LogP contribution is 2.17. The number of aromatic amines is 1. The maximum absolute atomic E-state index is 12.9. The summed E-state index contributed by atoms with van der Waals surface area (Å²) in [6.45, 7) is 4.26. The third-order valence-electron chi connectivity index (χ3n) is 5.10. The molecule has 2 aromatic rings. The summed E-state index contributed by atoms with van der Waals surface area (Å²) in [7, 11) is 0. The molecule has 2 aromatic heterocycles. The molecule has 1 aliphatic rings. The van der Waals surface area contributed by atoms with Gasteiger partial charge in [0.2, 0.25) is 11.8 Å². The number of carboxylic acids is 1. The molecule has 0 aliphatic carbocycles. The quantitative estimate of drug-likeness (QED) is 0.379. The van der Waals surface area contributed by atoms with Gasteiger partial charge in [-0.25, -0.2) is 14.8 Å². The molecule has 11 heteroatoms. The summed E-state index contributed by atoms with van der Waals surface area (Å²) in [5, 5.41) is 17.3. The fraction of sp³-hybridized carbons (Fsp3) is 0.500. The fourth-order valence-corrected chi connectivity index (χ4v) is 3.53. The topological polar surface area (TPSA) is 166 Å². The first kappa shape index (κ1) is 22.2. The van der Waals surface area contributed by atoms with Crippen LogP contribution in [0.4, 0.5) is 0 Å². The SMILES string of the molecule is CC(C)C[C@H](NC(=O)c1nc2ncccc2[nH]1)C(=O)N[C@@H](C[C@@H]1CCNC1=O)C(=O)O. The van der Waals surface area contributed by atoms with Crippen LogP contribution in [-0.2, 0) is 14.4 Å². The lowest BCUT2D eigenvalue weighted by Gasteiger charge is -2.23. The van der Waals surface area contributed by atoms with E-state index in [4.69, 9.17) is 0 Å². The minimum absolute atomic E-state index is 0.00710. The Labute approximate surface area is 178 Å². The maximum atomic E-state index is 12.9. The molecule has 31 heavy (non-hydrogen) atoms. The summed E-state index contributed by atoms with van der Waals surface area (Å²) < 4.78 is 0. The fourth-order valence-electron chi connectivity index (χ4n) is 3.53. The highest BCUT2D eigenvalue weighted by molar-refractivity contribution is 5.97. The molecule has 0 bridgehead atoms. The number of carbonyl (C=O) groups is 4. The van der Waals surface area contributed by atoms with Crippen molar-refractivity contribution in [2.24, 2.45) is 11.8 Å². The lowest BCUT2D eigenvalue weighted by Crippen LogP contribution is -2.52. The second-order valence-electron chi connectivity index (χ2n) is 8.03. The van der Waals surface area contributed by atoms with E-state index in [0.717, 1.165) is 0 Å². The molecule has 166 valence electrons. The lowest BCUT2D eigenvalue weighted by molar-refractivity contribution is -0.142. The van der Waals surface area contributed by atoms with Gasteiger partial charge >= 0.3 is 5.97 Å². The summed E-state index contributed by atoms with van der Waals surface area (Å²) in [4.78, 5) is 60.0. The molecular formula is C20H26N6O5. The number of nitrogens with one attached hydrogen (secondary N) is 4. The number of fused-ring (bicyclic) bond motifs is 1. The zero-order valence-corrected chi connectivity index (χ0v) is 17.3. The van der Waals surface area contributed by atoms with Gasteiger partial charge in [-0.05, 0) is 37.3 Å². The average Bonchev–Trinajstić information content (AvgIpc) is 3.32. The Bertz CT molecular complexity index is 954. The van der Waals surface area contributed by atoms with Crippen molar-refractivity contribution in [3.05, 3.63) is 24.2 Å². The molecule has 3 heterocycles. The third kappa shape index (κ3) is 5.56. The molecular weight excluding hydrogens is 404 g/mol. The van der Waals surface area contributed by atoms with E-state index in [-0.39, 0.29) is 24.1 Å². The largest absolute Gasteiger partial charge is 0.480 e. The number of amides is 3. The number of carbonyl (C=O) groups excluding carboxylic acids is 3. The van der Waals surface area contributed by atoms with Gasteiger partial charge in [-0.15, -0.1) is 0 Å². The molecule has 0 aromatic carbocycles. The van der Waals surface area contributed by atoms with Crippen molar-refractivity contribution >= 4 is 34.9 Å². The van der Waals surface area contributed by atoms with E-state index in [1.165, 1.54) is 0 Å². The number of hydrogen-bond acceptors (Lipinski definition) is 6. The third-order valence-corrected chi connectivity index (χ3v) is 5.10. The average molecular weight is 430 g/mol. The van der Waals surface area contributed by atoms with Gasteiger partial charge in [0.15, 0.2) is 11.5 Å². The number of H-pyrrole nitrogens is 1. The minimum atomic E-state index is -1.23. The Balaban J connectivity index is 1.70. The van der Waals surface area contributed by atoms with E-state index in [1.54, 1.807) is 18.3 Å². The molecule has 0 spiro atoms. The normalized spacial score (nSPS) is 17.9. The molecule has 0 unspecified atom stereocenters. The van der Waals surface area contributed by atoms with Crippen molar-refractivity contribution < 1.29 is 24.3 Å². The van der Waals surface area contributed by atoms with E-state index in [1.807, 2.05) is 13.8 Å². The van der Waals surface area contributed by atoms with Crippen molar-refractivity contribution in [1.82, 2.24) is 30.9 Å². The van der Waals surface area contributed by atoms with E-state index >= 15 is 0 Å².